The van der Waals surface area contributed by atoms with Crippen molar-refractivity contribution in [3.63, 3.8) is 0 Å². The van der Waals surface area contributed by atoms with Crippen LogP contribution in [0.25, 0.3) is 16.7 Å². The van der Waals surface area contributed by atoms with Gasteiger partial charge in [-0.1, -0.05) is 0 Å². The Morgan fingerprint density at radius 3 is 2.65 bits per heavy atom. The number of hydrogen-bond acceptors (Lipinski definition) is 6. The van der Waals surface area contributed by atoms with Crippen molar-refractivity contribution in [2.75, 3.05) is 20.2 Å². The molecule has 0 spiro atoms. The highest BCUT2D eigenvalue weighted by Crippen LogP contribution is 2.38. The maximum Gasteiger partial charge on any atom is 0.226 e. The van der Waals surface area contributed by atoms with Crippen LogP contribution in [0.5, 0.6) is 5.88 Å². The fraction of sp³-hybridized carbons (Fsp3) is 0.444. The van der Waals surface area contributed by atoms with Gasteiger partial charge in [0.25, 0.3) is 0 Å². The summed E-state index contributed by atoms with van der Waals surface area (Å²) in [6.45, 7) is 4.39. The molecule has 0 bridgehead atoms. The van der Waals surface area contributed by atoms with Gasteiger partial charge in [-0.15, -0.1) is 0 Å². The molecule has 0 aliphatic carbocycles. The van der Waals surface area contributed by atoms with E-state index in [-0.39, 0.29) is 5.91 Å². The number of aromatic nitrogens is 4. The quantitative estimate of drug-likeness (QED) is 0.747. The van der Waals surface area contributed by atoms with E-state index in [9.17, 15) is 9.90 Å². The van der Waals surface area contributed by atoms with Gasteiger partial charge in [0.15, 0.2) is 5.65 Å². The standard InChI is InChI=1S/C18H21N5O3/c1-11-20-15-13(17(21-11)26-3)10-14(16-19-6-9-23(15)16)18(25)4-7-22(8-5-18)12(2)24/h6,9-10,25H,4-5,7-8H2,1-3H3. The van der Waals surface area contributed by atoms with Gasteiger partial charge >= 0.3 is 0 Å². The number of likely N-dealkylation sites (tertiary alicyclic amines) is 1. The van der Waals surface area contributed by atoms with Crippen LogP contribution in [0.2, 0.25) is 0 Å². The third-order valence-electron chi connectivity index (χ3n) is 5.13. The zero-order chi connectivity index (χ0) is 18.5. The Kier molecular flexibility index (Phi) is 3.80. The summed E-state index contributed by atoms with van der Waals surface area (Å²) >= 11 is 0. The fourth-order valence-electron chi connectivity index (χ4n) is 3.69. The van der Waals surface area contributed by atoms with Crippen molar-refractivity contribution in [3.8, 4) is 5.88 Å². The van der Waals surface area contributed by atoms with Crippen molar-refractivity contribution in [2.24, 2.45) is 0 Å². The van der Waals surface area contributed by atoms with Gasteiger partial charge in [0.2, 0.25) is 11.8 Å². The Morgan fingerprint density at radius 1 is 1.27 bits per heavy atom. The zero-order valence-corrected chi connectivity index (χ0v) is 15.1. The molecule has 4 heterocycles. The van der Waals surface area contributed by atoms with Crippen molar-refractivity contribution in [2.45, 2.75) is 32.3 Å². The van der Waals surface area contributed by atoms with Crippen LogP contribution in [0.4, 0.5) is 0 Å². The zero-order valence-electron chi connectivity index (χ0n) is 15.1. The van der Waals surface area contributed by atoms with Crippen LogP contribution in [0.1, 0.15) is 31.2 Å². The number of aliphatic hydroxyl groups is 1. The molecule has 1 aliphatic rings. The number of aryl methyl sites for hydroxylation is 1. The largest absolute Gasteiger partial charge is 0.480 e. The number of pyridine rings is 1. The van der Waals surface area contributed by atoms with E-state index < -0.39 is 5.60 Å². The molecule has 0 saturated carbocycles. The maximum atomic E-state index is 11.6. The van der Waals surface area contributed by atoms with E-state index >= 15 is 0 Å². The first-order valence-corrected chi connectivity index (χ1v) is 8.60. The van der Waals surface area contributed by atoms with Crippen molar-refractivity contribution >= 4 is 22.6 Å². The monoisotopic (exact) mass is 355 g/mol. The Morgan fingerprint density at radius 2 is 2.00 bits per heavy atom. The Hall–Kier alpha value is -2.74. The number of ether oxygens (including phenoxy) is 1. The summed E-state index contributed by atoms with van der Waals surface area (Å²) in [5, 5.41) is 12.1. The molecule has 3 aromatic rings. The smallest absolute Gasteiger partial charge is 0.226 e. The number of carbonyl (C=O) groups excluding carboxylic acids is 1. The molecule has 0 radical (unpaired) electrons. The lowest BCUT2D eigenvalue weighted by Crippen LogP contribution is -2.44. The number of nitrogens with zero attached hydrogens (tertiary/aromatic N) is 5. The molecule has 1 amide bonds. The van der Waals surface area contributed by atoms with E-state index in [0.29, 0.717) is 54.5 Å². The molecule has 26 heavy (non-hydrogen) atoms. The van der Waals surface area contributed by atoms with E-state index in [0.717, 1.165) is 5.39 Å². The molecule has 8 heteroatoms. The van der Waals surface area contributed by atoms with Crippen LogP contribution >= 0.6 is 0 Å². The number of imidazole rings is 1. The lowest BCUT2D eigenvalue weighted by molar-refractivity contribution is -0.133. The number of hydrogen-bond donors (Lipinski definition) is 1. The third-order valence-corrected chi connectivity index (χ3v) is 5.13. The molecular weight excluding hydrogens is 334 g/mol. The lowest BCUT2D eigenvalue weighted by atomic mass is 9.84. The van der Waals surface area contributed by atoms with Crippen LogP contribution in [-0.2, 0) is 10.4 Å². The molecular formula is C18H21N5O3. The van der Waals surface area contributed by atoms with Crippen molar-refractivity contribution in [3.05, 3.63) is 29.8 Å². The highest BCUT2D eigenvalue weighted by molar-refractivity contribution is 5.85. The van der Waals surface area contributed by atoms with Crippen LogP contribution in [0.3, 0.4) is 0 Å². The topological polar surface area (TPSA) is 92.9 Å². The number of methoxy groups -OCH3 is 1. The maximum absolute atomic E-state index is 11.6. The summed E-state index contributed by atoms with van der Waals surface area (Å²) in [4.78, 5) is 26.7. The molecule has 3 aromatic heterocycles. The summed E-state index contributed by atoms with van der Waals surface area (Å²) in [5.41, 5.74) is 0.999. The highest BCUT2D eigenvalue weighted by atomic mass is 16.5. The summed E-state index contributed by atoms with van der Waals surface area (Å²) in [6.07, 6.45) is 4.42. The van der Waals surface area contributed by atoms with Crippen molar-refractivity contribution < 1.29 is 14.6 Å². The molecule has 136 valence electrons. The van der Waals surface area contributed by atoms with Gasteiger partial charge in [-0.05, 0) is 25.8 Å². The summed E-state index contributed by atoms with van der Waals surface area (Å²) in [7, 11) is 1.57. The molecule has 4 rings (SSSR count). The van der Waals surface area contributed by atoms with E-state index in [1.165, 1.54) is 0 Å². The normalized spacial score (nSPS) is 17.0. The molecule has 1 aliphatic heterocycles. The predicted molar refractivity (Wildman–Crippen MR) is 95.0 cm³/mol. The molecule has 0 aromatic carbocycles. The number of carbonyl (C=O) groups is 1. The van der Waals surface area contributed by atoms with Gasteiger partial charge in [0.05, 0.1) is 18.1 Å². The van der Waals surface area contributed by atoms with E-state index in [1.54, 1.807) is 25.1 Å². The molecule has 0 unspecified atom stereocenters. The van der Waals surface area contributed by atoms with Crippen molar-refractivity contribution in [1.82, 2.24) is 24.3 Å². The second kappa shape index (κ2) is 5.91. The van der Waals surface area contributed by atoms with Gasteiger partial charge in [-0.25, -0.2) is 9.97 Å². The average molecular weight is 355 g/mol. The third kappa shape index (κ3) is 2.48. The highest BCUT2D eigenvalue weighted by Gasteiger charge is 2.37. The van der Waals surface area contributed by atoms with E-state index in [2.05, 4.69) is 15.0 Å². The van der Waals surface area contributed by atoms with Crippen LogP contribution in [-0.4, -0.2) is 55.5 Å². The van der Waals surface area contributed by atoms with Gasteiger partial charge in [-0.2, -0.15) is 4.98 Å². The first kappa shape index (κ1) is 16.7. The minimum absolute atomic E-state index is 0.0297. The van der Waals surface area contributed by atoms with Crippen molar-refractivity contribution in [1.29, 1.82) is 0 Å². The SMILES string of the molecule is COc1nc(C)nc2c1cc(C1(O)CCN(C(C)=O)CC1)c1nccn12. The minimum atomic E-state index is -1.07. The minimum Gasteiger partial charge on any atom is -0.480 e. The summed E-state index contributed by atoms with van der Waals surface area (Å²) in [5.74, 6) is 1.10. The number of fused-ring (bicyclic) bond motifs is 3. The second-order valence-electron chi connectivity index (χ2n) is 6.73. The Labute approximate surface area is 150 Å². The Balaban J connectivity index is 1.91. The summed E-state index contributed by atoms with van der Waals surface area (Å²) < 4.78 is 7.30. The lowest BCUT2D eigenvalue weighted by Gasteiger charge is -2.38. The van der Waals surface area contributed by atoms with E-state index in [4.69, 9.17) is 4.74 Å². The molecule has 1 saturated heterocycles. The number of amides is 1. The predicted octanol–water partition coefficient (Wildman–Crippen LogP) is 1.42. The Bertz CT molecular complexity index is 1000. The average Bonchev–Trinajstić information content (AvgIpc) is 3.10. The first-order chi connectivity index (χ1) is 12.4. The summed E-state index contributed by atoms with van der Waals surface area (Å²) in [6, 6.07) is 1.87. The molecule has 0 atom stereocenters. The van der Waals surface area contributed by atoms with Crippen LogP contribution in [0, 0.1) is 6.92 Å². The van der Waals surface area contributed by atoms with Gasteiger partial charge < -0.3 is 14.7 Å². The number of rotatable bonds is 2. The van der Waals surface area contributed by atoms with Gasteiger partial charge in [-0.3, -0.25) is 9.20 Å². The van der Waals surface area contributed by atoms with Crippen LogP contribution < -0.4 is 4.74 Å². The van der Waals surface area contributed by atoms with Crippen LogP contribution in [0.15, 0.2) is 18.5 Å². The van der Waals surface area contributed by atoms with E-state index in [1.807, 2.05) is 23.6 Å². The first-order valence-electron chi connectivity index (χ1n) is 8.60. The van der Waals surface area contributed by atoms with Gasteiger partial charge in [0.1, 0.15) is 11.5 Å². The fourth-order valence-corrected chi connectivity index (χ4v) is 3.69. The molecule has 1 fully saturated rings. The second-order valence-corrected chi connectivity index (χ2v) is 6.73. The number of piperidine rings is 1. The van der Waals surface area contributed by atoms with Gasteiger partial charge in [0, 0.05) is 38.0 Å². The molecule has 8 nitrogen and oxygen atoms in total. The molecule has 1 N–H and O–H groups in total.